The minimum Gasteiger partial charge on any atom is -0.481 e. The third kappa shape index (κ3) is 1.03. The van der Waals surface area contributed by atoms with Gasteiger partial charge in [-0.15, -0.1) is 0 Å². The minimum absolute atomic E-state index is 0.243. The lowest BCUT2D eigenvalue weighted by Gasteiger charge is -2.10. The van der Waals surface area contributed by atoms with Gasteiger partial charge in [0.1, 0.15) is 0 Å². The fourth-order valence-corrected chi connectivity index (χ4v) is 1.90. The molecule has 1 saturated carbocycles. The molecule has 0 radical (unpaired) electrons. The molecule has 1 heterocycles. The van der Waals surface area contributed by atoms with Crippen LogP contribution in [0.2, 0.25) is 0 Å². The van der Waals surface area contributed by atoms with Crippen LogP contribution in [0.5, 0.6) is 0 Å². The van der Waals surface area contributed by atoms with Gasteiger partial charge in [0.15, 0.2) is 0 Å². The van der Waals surface area contributed by atoms with Crippen molar-refractivity contribution in [3.63, 3.8) is 0 Å². The number of carboxylic acids is 1. The van der Waals surface area contributed by atoms with Crippen LogP contribution in [0.1, 0.15) is 18.9 Å². The number of hydrogen-bond acceptors (Lipinski definition) is 2. The second-order valence-electron chi connectivity index (χ2n) is 3.62. The van der Waals surface area contributed by atoms with E-state index in [1.807, 2.05) is 6.92 Å². The summed E-state index contributed by atoms with van der Waals surface area (Å²) in [5.41, 5.74) is 0.255. The minimum atomic E-state index is -0.716. The first kappa shape index (κ1) is 8.23. The molecule has 2 unspecified atom stereocenters. The van der Waals surface area contributed by atoms with Crippen molar-refractivity contribution < 1.29 is 9.90 Å². The van der Waals surface area contributed by atoms with Crippen molar-refractivity contribution in [2.75, 3.05) is 0 Å². The maximum atomic E-state index is 11.1. The fraction of sp³-hybridized carbons (Fsp3) is 0.400. The largest absolute Gasteiger partial charge is 0.481 e. The van der Waals surface area contributed by atoms with E-state index < -0.39 is 11.4 Å². The molecule has 1 N–H and O–H groups in total. The molecule has 3 nitrogen and oxygen atoms in total. The van der Waals surface area contributed by atoms with E-state index in [-0.39, 0.29) is 5.92 Å². The molecule has 1 aliphatic rings. The fourth-order valence-electron chi connectivity index (χ4n) is 1.90. The van der Waals surface area contributed by atoms with Crippen LogP contribution in [-0.2, 0) is 10.2 Å². The molecule has 1 aromatic heterocycles. The maximum Gasteiger partial charge on any atom is 0.314 e. The summed E-state index contributed by atoms with van der Waals surface area (Å²) in [6, 6.07) is 3.58. The van der Waals surface area contributed by atoms with Crippen LogP contribution in [0.15, 0.2) is 24.5 Å². The van der Waals surface area contributed by atoms with Gasteiger partial charge < -0.3 is 5.11 Å². The maximum absolute atomic E-state index is 11.1. The van der Waals surface area contributed by atoms with Crippen molar-refractivity contribution in [1.82, 2.24) is 4.98 Å². The third-order valence-electron chi connectivity index (χ3n) is 2.89. The van der Waals surface area contributed by atoms with Crippen LogP contribution in [0, 0.1) is 5.92 Å². The van der Waals surface area contributed by atoms with E-state index in [4.69, 9.17) is 5.11 Å². The molecular weight excluding hydrogens is 166 g/mol. The number of rotatable bonds is 2. The van der Waals surface area contributed by atoms with Crippen LogP contribution in [-0.4, -0.2) is 16.1 Å². The first-order chi connectivity index (χ1) is 6.18. The van der Waals surface area contributed by atoms with Gasteiger partial charge >= 0.3 is 5.97 Å². The van der Waals surface area contributed by atoms with Crippen LogP contribution in [0.25, 0.3) is 0 Å². The molecule has 3 heteroatoms. The summed E-state index contributed by atoms with van der Waals surface area (Å²) in [4.78, 5) is 15.0. The zero-order chi connectivity index (χ0) is 9.47. The van der Waals surface area contributed by atoms with Crippen molar-refractivity contribution in [3.8, 4) is 0 Å². The second kappa shape index (κ2) is 2.55. The van der Waals surface area contributed by atoms with E-state index >= 15 is 0 Å². The van der Waals surface area contributed by atoms with Crippen molar-refractivity contribution >= 4 is 5.97 Å². The molecular formula is C10H11NO2. The van der Waals surface area contributed by atoms with E-state index in [9.17, 15) is 4.79 Å². The van der Waals surface area contributed by atoms with Crippen molar-refractivity contribution in [2.24, 2.45) is 5.92 Å². The summed E-state index contributed by atoms with van der Waals surface area (Å²) < 4.78 is 0. The molecule has 1 fully saturated rings. The zero-order valence-electron chi connectivity index (χ0n) is 7.40. The van der Waals surface area contributed by atoms with Gasteiger partial charge in [-0.1, -0.05) is 6.92 Å². The Morgan fingerprint density at radius 1 is 1.62 bits per heavy atom. The molecule has 13 heavy (non-hydrogen) atoms. The van der Waals surface area contributed by atoms with Gasteiger partial charge in [0, 0.05) is 12.4 Å². The molecule has 1 aliphatic carbocycles. The number of aliphatic carboxylic acids is 1. The third-order valence-corrected chi connectivity index (χ3v) is 2.89. The Kier molecular flexibility index (Phi) is 1.62. The van der Waals surface area contributed by atoms with Crippen LogP contribution < -0.4 is 0 Å². The molecule has 0 spiro atoms. The number of carboxylic acid groups (broad SMARTS) is 1. The molecule has 0 aromatic carbocycles. The Morgan fingerprint density at radius 2 is 2.15 bits per heavy atom. The van der Waals surface area contributed by atoms with Gasteiger partial charge in [-0.2, -0.15) is 0 Å². The number of hydrogen-bond donors (Lipinski definition) is 1. The van der Waals surface area contributed by atoms with E-state index in [1.54, 1.807) is 24.5 Å². The Hall–Kier alpha value is -1.38. The highest BCUT2D eigenvalue weighted by molar-refractivity contribution is 5.85. The normalized spacial score (nSPS) is 31.3. The number of carbonyl (C=O) groups is 1. The molecule has 0 bridgehead atoms. The Morgan fingerprint density at radius 3 is 2.54 bits per heavy atom. The molecule has 2 rings (SSSR count). The highest BCUT2D eigenvalue weighted by atomic mass is 16.4. The monoisotopic (exact) mass is 177 g/mol. The van der Waals surface area contributed by atoms with Gasteiger partial charge in [0.05, 0.1) is 5.41 Å². The van der Waals surface area contributed by atoms with Gasteiger partial charge in [-0.3, -0.25) is 9.78 Å². The van der Waals surface area contributed by atoms with Crippen LogP contribution in [0.3, 0.4) is 0 Å². The Bertz CT molecular complexity index is 336. The Balaban J connectivity index is 2.40. The van der Waals surface area contributed by atoms with Gasteiger partial charge in [-0.05, 0) is 30.0 Å². The lowest BCUT2D eigenvalue weighted by Crippen LogP contribution is -2.21. The predicted octanol–water partition coefficient (Wildman–Crippen LogP) is 1.44. The molecule has 1 aromatic rings. The molecule has 0 aliphatic heterocycles. The van der Waals surface area contributed by atoms with Crippen molar-refractivity contribution in [1.29, 1.82) is 0 Å². The predicted molar refractivity (Wildman–Crippen MR) is 47.3 cm³/mol. The van der Waals surface area contributed by atoms with E-state index in [1.165, 1.54) is 0 Å². The first-order valence-electron chi connectivity index (χ1n) is 4.32. The van der Waals surface area contributed by atoms with Gasteiger partial charge in [-0.25, -0.2) is 0 Å². The summed E-state index contributed by atoms with van der Waals surface area (Å²) in [6.07, 6.45) is 4.03. The van der Waals surface area contributed by atoms with E-state index in [0.717, 1.165) is 12.0 Å². The van der Waals surface area contributed by atoms with Crippen LogP contribution in [0.4, 0.5) is 0 Å². The lowest BCUT2D eigenvalue weighted by atomic mass is 9.95. The molecule has 68 valence electrons. The van der Waals surface area contributed by atoms with E-state index in [2.05, 4.69) is 4.98 Å². The van der Waals surface area contributed by atoms with E-state index in [0.29, 0.717) is 0 Å². The standard InChI is InChI=1S/C10H11NO2/c1-7-6-10(7,9(12)13)8-2-4-11-5-3-8/h2-5,7H,6H2,1H3,(H,12,13). The zero-order valence-corrected chi connectivity index (χ0v) is 7.40. The smallest absolute Gasteiger partial charge is 0.314 e. The Labute approximate surface area is 76.4 Å². The van der Waals surface area contributed by atoms with Crippen LogP contribution >= 0.6 is 0 Å². The highest BCUT2D eigenvalue weighted by Crippen LogP contribution is 2.53. The average molecular weight is 177 g/mol. The van der Waals surface area contributed by atoms with Crippen molar-refractivity contribution in [3.05, 3.63) is 30.1 Å². The summed E-state index contributed by atoms with van der Waals surface area (Å²) in [5, 5.41) is 9.11. The highest BCUT2D eigenvalue weighted by Gasteiger charge is 2.58. The molecule has 0 amide bonds. The first-order valence-corrected chi connectivity index (χ1v) is 4.32. The second-order valence-corrected chi connectivity index (χ2v) is 3.62. The summed E-state index contributed by atoms with van der Waals surface area (Å²) in [5.74, 6) is -0.474. The lowest BCUT2D eigenvalue weighted by molar-refractivity contribution is -0.140. The van der Waals surface area contributed by atoms with Gasteiger partial charge in [0.25, 0.3) is 0 Å². The molecule has 2 atom stereocenters. The summed E-state index contributed by atoms with van der Waals surface area (Å²) in [6.45, 7) is 1.97. The SMILES string of the molecule is CC1CC1(C(=O)O)c1ccncc1. The number of aromatic nitrogens is 1. The number of nitrogens with zero attached hydrogens (tertiary/aromatic N) is 1. The molecule has 0 saturated heterocycles. The van der Waals surface area contributed by atoms with Crippen molar-refractivity contribution in [2.45, 2.75) is 18.8 Å². The number of pyridine rings is 1. The summed E-state index contributed by atoms with van der Waals surface area (Å²) in [7, 11) is 0. The summed E-state index contributed by atoms with van der Waals surface area (Å²) >= 11 is 0. The van der Waals surface area contributed by atoms with Gasteiger partial charge in [0.2, 0.25) is 0 Å². The quantitative estimate of drug-likeness (QED) is 0.743. The average Bonchev–Trinajstić information content (AvgIpc) is 2.80. The topological polar surface area (TPSA) is 50.2 Å².